The van der Waals surface area contributed by atoms with Crippen LogP contribution in [0.2, 0.25) is 0 Å². The van der Waals surface area contributed by atoms with Crippen LogP contribution < -0.4 is 15.5 Å². The maximum Gasteiger partial charge on any atom is 0.313 e. The molecule has 0 bridgehead atoms. The van der Waals surface area contributed by atoms with Crippen LogP contribution in [-0.2, 0) is 16.1 Å². The second-order valence-electron chi connectivity index (χ2n) is 6.94. The highest BCUT2D eigenvalue weighted by Crippen LogP contribution is 2.17. The minimum atomic E-state index is -0.725. The van der Waals surface area contributed by atoms with Crippen molar-refractivity contribution in [3.05, 3.63) is 65.6 Å². The highest BCUT2D eigenvalue weighted by Gasteiger charge is 2.14. The van der Waals surface area contributed by atoms with Crippen LogP contribution in [0.5, 0.6) is 0 Å². The number of pyridine rings is 1. The molecular weight excluding hydrogens is 368 g/mol. The summed E-state index contributed by atoms with van der Waals surface area (Å²) in [5.41, 5.74) is 4.08. The van der Waals surface area contributed by atoms with E-state index in [0.717, 1.165) is 28.5 Å². The largest absolute Gasteiger partial charge is 0.363 e. The second kappa shape index (κ2) is 8.55. The number of hydrogen-bond acceptors (Lipinski definition) is 5. The van der Waals surface area contributed by atoms with Crippen LogP contribution in [0.3, 0.4) is 0 Å². The van der Waals surface area contributed by atoms with Crippen molar-refractivity contribution in [1.82, 2.24) is 20.1 Å². The Hall–Kier alpha value is -3.68. The summed E-state index contributed by atoms with van der Waals surface area (Å²) in [6, 6.07) is 12.8. The molecule has 0 unspecified atom stereocenters. The molecule has 2 heterocycles. The lowest BCUT2D eigenvalue weighted by atomic mass is 10.2. The van der Waals surface area contributed by atoms with Crippen molar-refractivity contribution in [2.24, 2.45) is 0 Å². The molecule has 0 atom stereocenters. The molecule has 2 amide bonds. The topological polar surface area (TPSA) is 92.2 Å². The van der Waals surface area contributed by atoms with Gasteiger partial charge < -0.3 is 15.5 Å². The Labute approximate surface area is 169 Å². The molecule has 8 nitrogen and oxygen atoms in total. The molecule has 3 aromatic rings. The van der Waals surface area contributed by atoms with Gasteiger partial charge in [0.1, 0.15) is 5.82 Å². The summed E-state index contributed by atoms with van der Waals surface area (Å²) in [6.07, 6.45) is 1.67. The summed E-state index contributed by atoms with van der Waals surface area (Å²) in [4.78, 5) is 30.5. The molecule has 0 saturated heterocycles. The highest BCUT2D eigenvalue weighted by molar-refractivity contribution is 6.39. The van der Waals surface area contributed by atoms with E-state index < -0.39 is 11.8 Å². The molecule has 1 aromatic carbocycles. The van der Waals surface area contributed by atoms with Crippen LogP contribution in [-0.4, -0.2) is 40.7 Å². The van der Waals surface area contributed by atoms with Crippen LogP contribution in [0.15, 0.2) is 48.7 Å². The maximum atomic E-state index is 12.3. The van der Waals surface area contributed by atoms with Gasteiger partial charge in [-0.15, -0.1) is 0 Å². The average Bonchev–Trinajstić information content (AvgIpc) is 3.04. The number of hydrogen-bond donors (Lipinski definition) is 2. The van der Waals surface area contributed by atoms with Gasteiger partial charge in [-0.2, -0.15) is 5.10 Å². The molecule has 0 saturated carbocycles. The first kappa shape index (κ1) is 20.1. The van der Waals surface area contributed by atoms with Crippen molar-refractivity contribution in [1.29, 1.82) is 0 Å². The fourth-order valence-corrected chi connectivity index (χ4v) is 2.87. The normalized spacial score (nSPS) is 10.5. The standard InChI is InChI=1S/C21H24N6O2/c1-14-10-15(2)27(25-14)18-7-5-6-17(12-18)24-21(29)20(28)23-13-16-8-9-22-19(11-16)26(3)4/h5-12H,13H2,1-4H3,(H,23,28)(H,24,29). The van der Waals surface area contributed by atoms with Gasteiger partial charge in [-0.1, -0.05) is 6.07 Å². The smallest absolute Gasteiger partial charge is 0.313 e. The summed E-state index contributed by atoms with van der Waals surface area (Å²) in [5.74, 6) is -0.649. The van der Waals surface area contributed by atoms with E-state index in [4.69, 9.17) is 0 Å². The molecular formula is C21H24N6O2. The first-order valence-electron chi connectivity index (χ1n) is 9.18. The third-order valence-electron chi connectivity index (χ3n) is 4.29. The molecule has 0 fully saturated rings. The Morgan fingerprint density at radius 2 is 1.86 bits per heavy atom. The average molecular weight is 392 g/mol. The van der Waals surface area contributed by atoms with Gasteiger partial charge >= 0.3 is 11.8 Å². The molecule has 2 aromatic heterocycles. The lowest BCUT2D eigenvalue weighted by molar-refractivity contribution is -0.136. The Kier molecular flexibility index (Phi) is 5.92. The Morgan fingerprint density at radius 1 is 1.07 bits per heavy atom. The summed E-state index contributed by atoms with van der Waals surface area (Å²) >= 11 is 0. The van der Waals surface area contributed by atoms with Gasteiger partial charge in [-0.25, -0.2) is 9.67 Å². The number of nitrogens with zero attached hydrogens (tertiary/aromatic N) is 4. The van der Waals surface area contributed by atoms with E-state index in [2.05, 4.69) is 20.7 Å². The molecule has 29 heavy (non-hydrogen) atoms. The van der Waals surface area contributed by atoms with Gasteiger partial charge in [-0.05, 0) is 55.8 Å². The molecule has 0 spiro atoms. The van der Waals surface area contributed by atoms with Gasteiger partial charge in [-0.3, -0.25) is 9.59 Å². The Morgan fingerprint density at radius 3 is 2.55 bits per heavy atom. The van der Waals surface area contributed by atoms with Crippen molar-refractivity contribution < 1.29 is 9.59 Å². The van der Waals surface area contributed by atoms with Crippen LogP contribution in [0.1, 0.15) is 17.0 Å². The molecule has 3 rings (SSSR count). The van der Waals surface area contributed by atoms with Crippen molar-refractivity contribution in [3.8, 4) is 5.69 Å². The maximum absolute atomic E-state index is 12.3. The first-order valence-corrected chi connectivity index (χ1v) is 9.18. The number of nitrogens with one attached hydrogen (secondary N) is 2. The van der Waals surface area contributed by atoms with E-state index in [0.29, 0.717) is 5.69 Å². The van der Waals surface area contributed by atoms with E-state index in [1.807, 2.05) is 51.0 Å². The molecule has 0 aliphatic carbocycles. The molecule has 2 N–H and O–H groups in total. The molecule has 150 valence electrons. The summed E-state index contributed by atoms with van der Waals surface area (Å²) in [6.45, 7) is 4.12. The lowest BCUT2D eigenvalue weighted by Gasteiger charge is -2.12. The minimum Gasteiger partial charge on any atom is -0.363 e. The van der Waals surface area contributed by atoms with Crippen LogP contribution in [0.25, 0.3) is 5.69 Å². The zero-order valence-electron chi connectivity index (χ0n) is 16.9. The van der Waals surface area contributed by atoms with E-state index in [-0.39, 0.29) is 6.54 Å². The fraction of sp³-hybridized carbons (Fsp3) is 0.238. The van der Waals surface area contributed by atoms with Crippen molar-refractivity contribution >= 4 is 23.3 Å². The molecule has 0 aliphatic rings. The number of carbonyl (C=O) groups excluding carboxylic acids is 2. The monoisotopic (exact) mass is 392 g/mol. The molecule has 0 aliphatic heterocycles. The number of carbonyl (C=O) groups is 2. The predicted octanol–water partition coefficient (Wildman–Crippen LogP) is 2.21. The summed E-state index contributed by atoms with van der Waals surface area (Å²) in [7, 11) is 3.77. The fourth-order valence-electron chi connectivity index (χ4n) is 2.87. The van der Waals surface area contributed by atoms with Crippen LogP contribution in [0.4, 0.5) is 11.5 Å². The predicted molar refractivity (Wildman–Crippen MR) is 112 cm³/mol. The molecule has 0 radical (unpaired) electrons. The van der Waals surface area contributed by atoms with E-state index >= 15 is 0 Å². The van der Waals surface area contributed by atoms with E-state index in [9.17, 15) is 9.59 Å². The number of rotatable bonds is 5. The number of benzene rings is 1. The van der Waals surface area contributed by atoms with Crippen molar-refractivity contribution in [3.63, 3.8) is 0 Å². The zero-order chi connectivity index (χ0) is 21.0. The SMILES string of the molecule is Cc1cc(C)n(-c2cccc(NC(=O)C(=O)NCc3ccnc(N(C)C)c3)c2)n1. The summed E-state index contributed by atoms with van der Waals surface area (Å²) in [5, 5.41) is 9.69. The minimum absolute atomic E-state index is 0.238. The third-order valence-corrected chi connectivity index (χ3v) is 4.29. The van der Waals surface area contributed by atoms with Gasteiger partial charge in [0.15, 0.2) is 0 Å². The van der Waals surface area contributed by atoms with Gasteiger partial charge in [0.05, 0.1) is 11.4 Å². The van der Waals surface area contributed by atoms with E-state index in [1.54, 1.807) is 35.1 Å². The summed E-state index contributed by atoms with van der Waals surface area (Å²) < 4.78 is 1.79. The van der Waals surface area contributed by atoms with Crippen LogP contribution in [0, 0.1) is 13.8 Å². The number of anilines is 2. The Bertz CT molecular complexity index is 1040. The van der Waals surface area contributed by atoms with Gasteiger partial charge in [0.25, 0.3) is 0 Å². The van der Waals surface area contributed by atoms with Crippen LogP contribution >= 0.6 is 0 Å². The number of aryl methyl sites for hydroxylation is 2. The second-order valence-corrected chi connectivity index (χ2v) is 6.94. The first-order chi connectivity index (χ1) is 13.8. The number of aromatic nitrogens is 3. The van der Waals surface area contributed by atoms with Gasteiger partial charge in [0.2, 0.25) is 0 Å². The van der Waals surface area contributed by atoms with Crippen molar-refractivity contribution in [2.45, 2.75) is 20.4 Å². The zero-order valence-corrected chi connectivity index (χ0v) is 16.9. The van der Waals surface area contributed by atoms with Gasteiger partial charge in [0, 0.05) is 38.2 Å². The quantitative estimate of drug-likeness (QED) is 0.650. The highest BCUT2D eigenvalue weighted by atomic mass is 16.2. The number of amides is 2. The third kappa shape index (κ3) is 4.98. The molecule has 8 heteroatoms. The lowest BCUT2D eigenvalue weighted by Crippen LogP contribution is -2.35. The van der Waals surface area contributed by atoms with E-state index in [1.165, 1.54) is 0 Å². The Balaban J connectivity index is 1.63. The van der Waals surface area contributed by atoms with Crippen molar-refractivity contribution in [2.75, 3.05) is 24.3 Å².